The number of rotatable bonds is 7. The Hall–Kier alpha value is -0.900. The number of hydrogen-bond donors (Lipinski definition) is 1. The van der Waals surface area contributed by atoms with Gasteiger partial charge in [0.05, 0.1) is 0 Å². The SMILES string of the molecule is CCNCCc1ccc(CN2CCN(C3CC3)CC2)cc1. The Morgan fingerprint density at radius 3 is 2.29 bits per heavy atom. The zero-order valence-corrected chi connectivity index (χ0v) is 13.4. The van der Waals surface area contributed by atoms with E-state index in [0.717, 1.165) is 32.1 Å². The molecule has 0 amide bonds. The van der Waals surface area contributed by atoms with Crippen LogP contribution in [0.2, 0.25) is 0 Å². The van der Waals surface area contributed by atoms with Crippen LogP contribution < -0.4 is 5.32 Å². The number of nitrogens with zero attached hydrogens (tertiary/aromatic N) is 2. The lowest BCUT2D eigenvalue weighted by Crippen LogP contribution is -2.46. The summed E-state index contributed by atoms with van der Waals surface area (Å²) in [5, 5.41) is 3.38. The third-order valence-corrected chi connectivity index (χ3v) is 4.74. The molecule has 0 spiro atoms. The Kier molecular flexibility index (Phi) is 5.28. The van der Waals surface area contributed by atoms with E-state index in [0.29, 0.717) is 0 Å². The van der Waals surface area contributed by atoms with Crippen molar-refractivity contribution < 1.29 is 0 Å². The molecule has 0 aromatic heterocycles. The fourth-order valence-electron chi connectivity index (χ4n) is 3.21. The van der Waals surface area contributed by atoms with Crippen molar-refractivity contribution in [2.45, 2.75) is 38.8 Å². The summed E-state index contributed by atoms with van der Waals surface area (Å²) in [6.45, 7) is 10.4. The van der Waals surface area contributed by atoms with E-state index in [9.17, 15) is 0 Å². The molecule has 21 heavy (non-hydrogen) atoms. The van der Waals surface area contributed by atoms with Crippen LogP contribution in [0.3, 0.4) is 0 Å². The van der Waals surface area contributed by atoms with Crippen molar-refractivity contribution in [3.63, 3.8) is 0 Å². The largest absolute Gasteiger partial charge is 0.317 e. The van der Waals surface area contributed by atoms with Crippen LogP contribution in [0.15, 0.2) is 24.3 Å². The van der Waals surface area contributed by atoms with Gasteiger partial charge in [-0.15, -0.1) is 0 Å². The molecule has 1 aliphatic heterocycles. The molecule has 1 N–H and O–H groups in total. The highest BCUT2D eigenvalue weighted by Gasteiger charge is 2.30. The van der Waals surface area contributed by atoms with Gasteiger partial charge < -0.3 is 5.32 Å². The second kappa shape index (κ2) is 7.39. The van der Waals surface area contributed by atoms with Crippen molar-refractivity contribution in [2.24, 2.45) is 0 Å². The van der Waals surface area contributed by atoms with Gasteiger partial charge >= 0.3 is 0 Å². The van der Waals surface area contributed by atoms with Gasteiger partial charge in [-0.2, -0.15) is 0 Å². The van der Waals surface area contributed by atoms with Crippen molar-refractivity contribution in [1.82, 2.24) is 15.1 Å². The highest BCUT2D eigenvalue weighted by Crippen LogP contribution is 2.27. The Morgan fingerprint density at radius 2 is 1.67 bits per heavy atom. The zero-order valence-electron chi connectivity index (χ0n) is 13.4. The quantitative estimate of drug-likeness (QED) is 0.775. The Bertz CT molecular complexity index is 417. The Labute approximate surface area is 129 Å². The zero-order chi connectivity index (χ0) is 14.5. The van der Waals surface area contributed by atoms with E-state index in [1.807, 2.05) is 0 Å². The van der Waals surface area contributed by atoms with Crippen LogP contribution in [0.25, 0.3) is 0 Å². The fraction of sp³-hybridized carbons (Fsp3) is 0.667. The second-order valence-corrected chi connectivity index (χ2v) is 6.46. The first-order chi connectivity index (χ1) is 10.3. The third kappa shape index (κ3) is 4.53. The molecule has 1 aliphatic carbocycles. The van der Waals surface area contributed by atoms with E-state index in [1.165, 1.54) is 50.1 Å². The van der Waals surface area contributed by atoms with Crippen molar-refractivity contribution in [3.8, 4) is 0 Å². The summed E-state index contributed by atoms with van der Waals surface area (Å²) in [5.41, 5.74) is 2.90. The highest BCUT2D eigenvalue weighted by atomic mass is 15.3. The normalized spacial score (nSPS) is 20.8. The molecule has 1 saturated carbocycles. The molecule has 116 valence electrons. The average molecular weight is 287 g/mol. The highest BCUT2D eigenvalue weighted by molar-refractivity contribution is 5.22. The summed E-state index contributed by atoms with van der Waals surface area (Å²) in [7, 11) is 0. The van der Waals surface area contributed by atoms with E-state index < -0.39 is 0 Å². The van der Waals surface area contributed by atoms with Gasteiger partial charge in [0.2, 0.25) is 0 Å². The monoisotopic (exact) mass is 287 g/mol. The van der Waals surface area contributed by atoms with Crippen LogP contribution in [0.5, 0.6) is 0 Å². The molecule has 0 atom stereocenters. The van der Waals surface area contributed by atoms with Crippen molar-refractivity contribution >= 4 is 0 Å². The second-order valence-electron chi connectivity index (χ2n) is 6.46. The number of benzene rings is 1. The van der Waals surface area contributed by atoms with Gasteiger partial charge in [0.15, 0.2) is 0 Å². The molecule has 0 bridgehead atoms. The van der Waals surface area contributed by atoms with Gasteiger partial charge in [0, 0.05) is 38.8 Å². The van der Waals surface area contributed by atoms with E-state index in [1.54, 1.807) is 0 Å². The molecule has 3 heteroatoms. The molecule has 0 unspecified atom stereocenters. The number of hydrogen-bond acceptors (Lipinski definition) is 3. The molecule has 2 fully saturated rings. The number of likely N-dealkylation sites (N-methyl/N-ethyl adjacent to an activating group) is 1. The van der Waals surface area contributed by atoms with Crippen LogP contribution in [-0.4, -0.2) is 55.1 Å². The summed E-state index contributed by atoms with van der Waals surface area (Å²) in [4.78, 5) is 5.28. The van der Waals surface area contributed by atoms with Gasteiger partial charge in [-0.25, -0.2) is 0 Å². The first kappa shape index (κ1) is 15.0. The number of nitrogens with one attached hydrogen (secondary N) is 1. The lowest BCUT2D eigenvalue weighted by atomic mass is 10.1. The van der Waals surface area contributed by atoms with Crippen LogP contribution in [0, 0.1) is 0 Å². The lowest BCUT2D eigenvalue weighted by molar-refractivity contribution is 0.121. The summed E-state index contributed by atoms with van der Waals surface area (Å²) in [6, 6.07) is 10.2. The van der Waals surface area contributed by atoms with Crippen LogP contribution in [0.1, 0.15) is 30.9 Å². The van der Waals surface area contributed by atoms with E-state index in [4.69, 9.17) is 0 Å². The Morgan fingerprint density at radius 1 is 1.00 bits per heavy atom. The molecule has 3 rings (SSSR count). The molecule has 1 aromatic carbocycles. The van der Waals surface area contributed by atoms with Gasteiger partial charge in [0.25, 0.3) is 0 Å². The van der Waals surface area contributed by atoms with E-state index >= 15 is 0 Å². The summed E-state index contributed by atoms with van der Waals surface area (Å²) < 4.78 is 0. The molecule has 3 nitrogen and oxygen atoms in total. The molecule has 1 heterocycles. The molecule has 0 radical (unpaired) electrons. The fourth-order valence-corrected chi connectivity index (χ4v) is 3.21. The van der Waals surface area contributed by atoms with Crippen LogP contribution >= 0.6 is 0 Å². The molecular weight excluding hydrogens is 258 g/mol. The molecule has 2 aliphatic rings. The average Bonchev–Trinajstić information content (AvgIpc) is 3.35. The van der Waals surface area contributed by atoms with Crippen LogP contribution in [-0.2, 0) is 13.0 Å². The minimum Gasteiger partial charge on any atom is -0.317 e. The maximum absolute atomic E-state index is 3.38. The topological polar surface area (TPSA) is 18.5 Å². The van der Waals surface area contributed by atoms with E-state index in [2.05, 4.69) is 46.3 Å². The first-order valence-corrected chi connectivity index (χ1v) is 8.60. The van der Waals surface area contributed by atoms with Crippen molar-refractivity contribution in [1.29, 1.82) is 0 Å². The van der Waals surface area contributed by atoms with Gasteiger partial charge in [-0.1, -0.05) is 31.2 Å². The van der Waals surface area contributed by atoms with Gasteiger partial charge in [-0.3, -0.25) is 9.80 Å². The smallest absolute Gasteiger partial charge is 0.0234 e. The molecular formula is C18H29N3. The summed E-state index contributed by atoms with van der Waals surface area (Å²) in [6.07, 6.45) is 4.01. The van der Waals surface area contributed by atoms with Crippen molar-refractivity contribution in [3.05, 3.63) is 35.4 Å². The minimum absolute atomic E-state index is 0.933. The third-order valence-electron chi connectivity index (χ3n) is 4.74. The number of piperazine rings is 1. The molecule has 1 saturated heterocycles. The predicted molar refractivity (Wildman–Crippen MR) is 88.6 cm³/mol. The van der Waals surface area contributed by atoms with Gasteiger partial charge in [-0.05, 0) is 43.5 Å². The minimum atomic E-state index is 0.933. The standard InChI is InChI=1S/C18H29N3/c1-2-19-10-9-16-3-5-17(6-4-16)15-20-11-13-21(14-12-20)18-7-8-18/h3-6,18-19H,2,7-15H2,1H3. The summed E-state index contributed by atoms with van der Waals surface area (Å²) >= 11 is 0. The summed E-state index contributed by atoms with van der Waals surface area (Å²) in [5.74, 6) is 0. The van der Waals surface area contributed by atoms with Crippen molar-refractivity contribution in [2.75, 3.05) is 39.3 Å². The predicted octanol–water partition coefficient (Wildman–Crippen LogP) is 2.12. The lowest BCUT2D eigenvalue weighted by Gasteiger charge is -2.34. The van der Waals surface area contributed by atoms with Crippen LogP contribution in [0.4, 0.5) is 0 Å². The first-order valence-electron chi connectivity index (χ1n) is 8.60. The maximum Gasteiger partial charge on any atom is 0.0234 e. The maximum atomic E-state index is 3.38. The Balaban J connectivity index is 1.42. The van der Waals surface area contributed by atoms with E-state index in [-0.39, 0.29) is 0 Å². The molecule has 1 aromatic rings. The van der Waals surface area contributed by atoms with Gasteiger partial charge in [0.1, 0.15) is 0 Å².